The van der Waals surface area contributed by atoms with Crippen LogP contribution in [0.15, 0.2) is 5.11 Å². The molecule has 1 aliphatic rings. The van der Waals surface area contributed by atoms with Crippen LogP contribution in [0.3, 0.4) is 0 Å². The van der Waals surface area contributed by atoms with E-state index in [1.807, 2.05) is 0 Å². The first kappa shape index (κ1) is 27.6. The minimum atomic E-state index is -1.68. The minimum Gasteiger partial charge on any atom is -0.469 e. The lowest BCUT2D eigenvalue weighted by Crippen LogP contribution is -2.64. The van der Waals surface area contributed by atoms with E-state index >= 15 is 0 Å². The van der Waals surface area contributed by atoms with Crippen molar-refractivity contribution in [2.24, 2.45) is 5.11 Å². The smallest absolute Gasteiger partial charge is 0.339 e. The van der Waals surface area contributed by atoms with E-state index in [0.717, 1.165) is 35.0 Å². The molecule has 33 heavy (non-hydrogen) atoms. The Morgan fingerprint density at radius 1 is 0.879 bits per heavy atom. The van der Waals surface area contributed by atoms with Crippen LogP contribution >= 0.6 is 0 Å². The van der Waals surface area contributed by atoms with Crippen LogP contribution in [0.25, 0.3) is 10.4 Å². The maximum atomic E-state index is 12.4. The monoisotopic (exact) mass is 475 g/mol. The molecule has 1 saturated heterocycles. The second kappa shape index (κ2) is 12.6. The Morgan fingerprint density at radius 2 is 1.39 bits per heavy atom. The quantitative estimate of drug-likeness (QED) is 0.142. The molecule has 184 valence electrons. The molecule has 0 saturated carbocycles. The number of carbonyl (C=O) groups is 5. The van der Waals surface area contributed by atoms with Crippen molar-refractivity contribution in [3.63, 3.8) is 0 Å². The maximum Gasteiger partial charge on any atom is 0.339 e. The normalized spacial score (nSPS) is 25.9. The van der Waals surface area contributed by atoms with Gasteiger partial charge in [0.1, 0.15) is 0 Å². The molecule has 15 nitrogen and oxygen atoms in total. The largest absolute Gasteiger partial charge is 0.469 e. The summed E-state index contributed by atoms with van der Waals surface area (Å²) in [6, 6.07) is -1.49. The number of hydrogen-bond acceptors (Lipinski definition) is 13. The van der Waals surface area contributed by atoms with E-state index in [1.54, 1.807) is 0 Å². The summed E-state index contributed by atoms with van der Waals surface area (Å²) in [6.45, 7) is 4.42. The van der Waals surface area contributed by atoms with Crippen molar-refractivity contribution in [2.45, 2.75) is 70.5 Å². The predicted octanol–water partition coefficient (Wildman–Crippen LogP) is -0.0636. The number of rotatable bonds is 9. The number of ether oxygens (including phenoxy) is 7. The summed E-state index contributed by atoms with van der Waals surface area (Å²) in [7, 11) is 2.09. The standard InChI is InChI=1S/C18H25N3O12/c1-7(11(20-21-19)16(25)27-5)29-18-15(32-10(4)24)13(31-9(3)23)12(30-8(2)22)14(33-18)17(26)28-6/h7,11-15,18H,1-6H3/t7-,11+,12+,13+,14+,15-,18-/m1/s1. The summed E-state index contributed by atoms with van der Waals surface area (Å²) in [5.74, 6) is -4.56. The van der Waals surface area contributed by atoms with E-state index in [1.165, 1.54) is 6.92 Å². The molecule has 0 aromatic carbocycles. The summed E-state index contributed by atoms with van der Waals surface area (Å²) in [5, 5.41) is 3.31. The number of carbonyl (C=O) groups excluding carboxylic acids is 5. The summed E-state index contributed by atoms with van der Waals surface area (Å²) < 4.78 is 35.9. The third-order valence-corrected chi connectivity index (χ3v) is 4.25. The fraction of sp³-hybridized carbons (Fsp3) is 0.722. The van der Waals surface area contributed by atoms with Crippen LogP contribution in [0, 0.1) is 0 Å². The van der Waals surface area contributed by atoms with Gasteiger partial charge in [-0.25, -0.2) is 4.79 Å². The molecule has 0 aromatic rings. The summed E-state index contributed by atoms with van der Waals surface area (Å²) in [4.78, 5) is 62.0. The fourth-order valence-corrected chi connectivity index (χ4v) is 2.98. The van der Waals surface area contributed by atoms with Crippen LogP contribution in [-0.2, 0) is 57.1 Å². The van der Waals surface area contributed by atoms with Crippen molar-refractivity contribution < 1.29 is 57.1 Å². The lowest BCUT2D eigenvalue weighted by molar-refractivity contribution is -0.310. The van der Waals surface area contributed by atoms with Gasteiger partial charge in [0.2, 0.25) is 0 Å². The van der Waals surface area contributed by atoms with Gasteiger partial charge in [-0.2, -0.15) is 0 Å². The molecule has 0 amide bonds. The fourth-order valence-electron chi connectivity index (χ4n) is 2.98. The Labute approximate surface area is 188 Å². The Balaban J connectivity index is 3.47. The molecule has 1 aliphatic heterocycles. The second-order valence-electron chi connectivity index (χ2n) is 6.68. The van der Waals surface area contributed by atoms with E-state index in [4.69, 9.17) is 29.2 Å². The van der Waals surface area contributed by atoms with Gasteiger partial charge in [0.05, 0.1) is 20.3 Å². The Bertz CT molecular complexity index is 811. The average Bonchev–Trinajstić information content (AvgIpc) is 2.73. The molecule has 1 heterocycles. The molecule has 0 aliphatic carbocycles. The SMILES string of the molecule is COC(=O)[C@@H](N=[N+]=[N-])[C@@H](C)O[C@@H]1O[C@H](C(=O)OC)[C@@H](OC(C)=O)[C@H](OC(C)=O)[C@H]1OC(C)=O. The van der Waals surface area contributed by atoms with Crippen molar-refractivity contribution in [1.29, 1.82) is 0 Å². The highest BCUT2D eigenvalue weighted by atomic mass is 16.7. The molecule has 15 heteroatoms. The van der Waals surface area contributed by atoms with E-state index < -0.39 is 72.7 Å². The molecule has 7 atom stereocenters. The van der Waals surface area contributed by atoms with Gasteiger partial charge in [-0.15, -0.1) is 0 Å². The van der Waals surface area contributed by atoms with Gasteiger partial charge in [0, 0.05) is 25.7 Å². The van der Waals surface area contributed by atoms with Crippen molar-refractivity contribution >= 4 is 29.8 Å². The molecule has 1 fully saturated rings. The molecular weight excluding hydrogens is 450 g/mol. The van der Waals surface area contributed by atoms with Crippen LogP contribution in [0.5, 0.6) is 0 Å². The average molecular weight is 475 g/mol. The van der Waals surface area contributed by atoms with Crippen molar-refractivity contribution in [3.8, 4) is 0 Å². The first-order valence-electron chi connectivity index (χ1n) is 9.49. The third kappa shape index (κ3) is 7.59. The molecule has 0 radical (unpaired) electrons. The number of hydrogen-bond donors (Lipinski definition) is 0. The first-order valence-corrected chi connectivity index (χ1v) is 9.49. The molecule has 0 aromatic heterocycles. The molecular formula is C18H25N3O12. The third-order valence-electron chi connectivity index (χ3n) is 4.25. The van der Waals surface area contributed by atoms with Gasteiger partial charge in [-0.05, 0) is 12.5 Å². The number of nitrogens with zero attached hydrogens (tertiary/aromatic N) is 3. The lowest BCUT2D eigenvalue weighted by atomic mass is 9.97. The molecule has 0 bridgehead atoms. The van der Waals surface area contributed by atoms with Crippen LogP contribution in [0.1, 0.15) is 27.7 Å². The highest BCUT2D eigenvalue weighted by Gasteiger charge is 2.55. The van der Waals surface area contributed by atoms with Crippen molar-refractivity contribution in [1.82, 2.24) is 0 Å². The minimum absolute atomic E-state index is 0.861. The van der Waals surface area contributed by atoms with Gasteiger partial charge in [-0.3, -0.25) is 19.2 Å². The second-order valence-corrected chi connectivity index (χ2v) is 6.68. The maximum absolute atomic E-state index is 12.4. The summed E-state index contributed by atoms with van der Waals surface area (Å²) >= 11 is 0. The van der Waals surface area contributed by atoms with Gasteiger partial charge in [0.15, 0.2) is 36.7 Å². The summed E-state index contributed by atoms with van der Waals surface area (Å²) in [5.41, 5.74) is 8.74. The zero-order chi connectivity index (χ0) is 25.3. The Hall–Kier alpha value is -3.42. The zero-order valence-electron chi connectivity index (χ0n) is 18.8. The van der Waals surface area contributed by atoms with Crippen LogP contribution in [-0.4, -0.2) is 86.9 Å². The van der Waals surface area contributed by atoms with Gasteiger partial charge in [0.25, 0.3) is 0 Å². The lowest BCUT2D eigenvalue weighted by Gasteiger charge is -2.44. The number of esters is 5. The summed E-state index contributed by atoms with van der Waals surface area (Å²) in [6.07, 6.45) is -9.29. The predicted molar refractivity (Wildman–Crippen MR) is 103 cm³/mol. The number of azide groups is 1. The Morgan fingerprint density at radius 3 is 1.85 bits per heavy atom. The molecule has 0 N–H and O–H groups in total. The van der Waals surface area contributed by atoms with E-state index in [9.17, 15) is 24.0 Å². The zero-order valence-corrected chi connectivity index (χ0v) is 18.8. The topological polar surface area (TPSA) is 199 Å². The van der Waals surface area contributed by atoms with Crippen molar-refractivity contribution in [2.75, 3.05) is 14.2 Å². The van der Waals surface area contributed by atoms with E-state index in [-0.39, 0.29) is 0 Å². The van der Waals surface area contributed by atoms with Gasteiger partial charge in [-0.1, -0.05) is 5.11 Å². The van der Waals surface area contributed by atoms with Crippen LogP contribution in [0.2, 0.25) is 0 Å². The molecule has 0 spiro atoms. The highest BCUT2D eigenvalue weighted by molar-refractivity contribution is 5.77. The van der Waals surface area contributed by atoms with Crippen molar-refractivity contribution in [3.05, 3.63) is 10.4 Å². The van der Waals surface area contributed by atoms with Crippen LogP contribution < -0.4 is 0 Å². The van der Waals surface area contributed by atoms with E-state index in [0.29, 0.717) is 0 Å². The first-order chi connectivity index (χ1) is 15.5. The molecule has 0 unspecified atom stereocenters. The van der Waals surface area contributed by atoms with E-state index in [2.05, 4.69) is 19.5 Å². The Kier molecular flexibility index (Phi) is 10.5. The highest BCUT2D eigenvalue weighted by Crippen LogP contribution is 2.31. The number of methoxy groups -OCH3 is 2. The van der Waals surface area contributed by atoms with Crippen LogP contribution in [0.4, 0.5) is 0 Å². The molecule has 1 rings (SSSR count). The van der Waals surface area contributed by atoms with Gasteiger partial charge >= 0.3 is 29.8 Å². The van der Waals surface area contributed by atoms with Gasteiger partial charge < -0.3 is 33.2 Å².